The maximum Gasteiger partial charge on any atom is 0.134 e. The number of thiazole rings is 1. The molecule has 0 atom stereocenters. The van der Waals surface area contributed by atoms with Gasteiger partial charge in [-0.1, -0.05) is 12.1 Å². The molecule has 0 N–H and O–H groups in total. The van der Waals surface area contributed by atoms with E-state index in [1.807, 2.05) is 30.5 Å². The Morgan fingerprint density at radius 2 is 2.00 bits per heavy atom. The highest BCUT2D eigenvalue weighted by molar-refractivity contribution is 7.16. The molecule has 0 spiro atoms. The first kappa shape index (κ1) is 14.6. The molecule has 22 heavy (non-hydrogen) atoms. The first-order valence-electron chi connectivity index (χ1n) is 6.56. The van der Waals surface area contributed by atoms with Crippen LogP contribution in [0.5, 0.6) is 0 Å². The van der Waals surface area contributed by atoms with Gasteiger partial charge in [-0.15, -0.1) is 22.7 Å². The van der Waals surface area contributed by atoms with Crippen molar-refractivity contribution in [2.75, 3.05) is 0 Å². The van der Waals surface area contributed by atoms with Crippen LogP contribution in [0.25, 0.3) is 22.1 Å². The zero-order chi connectivity index (χ0) is 15.5. The van der Waals surface area contributed by atoms with Crippen LogP contribution in [0.3, 0.4) is 0 Å². The fourth-order valence-electron chi connectivity index (χ4n) is 1.96. The molecule has 0 aliphatic heterocycles. The molecule has 0 aliphatic rings. The molecule has 0 unspecified atom stereocenters. The number of aryl methyl sites for hydroxylation is 1. The highest BCUT2D eigenvalue weighted by Crippen LogP contribution is 2.31. The average molecular weight is 326 g/mol. The molecule has 0 bridgehead atoms. The van der Waals surface area contributed by atoms with Crippen LogP contribution in [0.1, 0.15) is 15.6 Å². The Bertz CT molecular complexity index is 867. The van der Waals surface area contributed by atoms with Crippen LogP contribution >= 0.6 is 22.7 Å². The molecule has 2 nitrogen and oxygen atoms in total. The number of rotatable bonds is 3. The van der Waals surface area contributed by atoms with E-state index in [-0.39, 0.29) is 5.82 Å². The van der Waals surface area contributed by atoms with Crippen LogP contribution in [-0.4, -0.2) is 4.98 Å². The molecular formula is C17H11FN2S2. The zero-order valence-corrected chi connectivity index (χ0v) is 13.3. The van der Waals surface area contributed by atoms with Gasteiger partial charge in [-0.05, 0) is 42.8 Å². The number of nitriles is 1. The number of allylic oxidation sites excluding steroid dienone is 1. The number of thiophene rings is 1. The van der Waals surface area contributed by atoms with Crippen molar-refractivity contribution in [1.29, 1.82) is 5.26 Å². The minimum atomic E-state index is -0.244. The third kappa shape index (κ3) is 3.14. The standard InChI is InChI=1S/C17H11FN2S2/c1-11-10-21-17(20-11)13(9-19)8-15-6-7-16(22-15)12-2-4-14(18)5-3-12/h2-8,10H,1H3. The van der Waals surface area contributed by atoms with Gasteiger partial charge in [0.05, 0.1) is 5.57 Å². The Morgan fingerprint density at radius 3 is 2.64 bits per heavy atom. The van der Waals surface area contributed by atoms with Gasteiger partial charge in [-0.3, -0.25) is 0 Å². The molecule has 0 saturated heterocycles. The minimum Gasteiger partial charge on any atom is -0.241 e. The molecule has 0 radical (unpaired) electrons. The normalized spacial score (nSPS) is 11.4. The van der Waals surface area contributed by atoms with E-state index >= 15 is 0 Å². The molecule has 0 aliphatic carbocycles. The summed E-state index contributed by atoms with van der Waals surface area (Å²) in [5.74, 6) is -0.244. The maximum atomic E-state index is 13.0. The average Bonchev–Trinajstić information content (AvgIpc) is 3.15. The quantitative estimate of drug-likeness (QED) is 0.606. The van der Waals surface area contributed by atoms with Crippen molar-refractivity contribution in [2.24, 2.45) is 0 Å². The monoisotopic (exact) mass is 326 g/mol. The lowest BCUT2D eigenvalue weighted by Gasteiger charge is -1.96. The maximum absolute atomic E-state index is 13.0. The van der Waals surface area contributed by atoms with E-state index in [1.165, 1.54) is 23.5 Å². The molecular weight excluding hydrogens is 315 g/mol. The summed E-state index contributed by atoms with van der Waals surface area (Å²) < 4.78 is 13.0. The smallest absolute Gasteiger partial charge is 0.134 e. The molecule has 0 amide bonds. The molecule has 1 aromatic carbocycles. The van der Waals surface area contributed by atoms with Crippen molar-refractivity contribution in [2.45, 2.75) is 6.92 Å². The molecule has 5 heteroatoms. The lowest BCUT2D eigenvalue weighted by molar-refractivity contribution is 0.628. The van der Waals surface area contributed by atoms with Gasteiger partial charge < -0.3 is 0 Å². The van der Waals surface area contributed by atoms with Crippen molar-refractivity contribution < 1.29 is 4.39 Å². The summed E-state index contributed by atoms with van der Waals surface area (Å²) in [7, 11) is 0. The van der Waals surface area contributed by atoms with Crippen molar-refractivity contribution in [3.05, 3.63) is 63.2 Å². The highest BCUT2D eigenvalue weighted by atomic mass is 32.1. The molecule has 3 aromatic rings. The second kappa shape index (κ2) is 6.22. The Labute approximate surface area is 135 Å². The van der Waals surface area contributed by atoms with E-state index in [1.54, 1.807) is 23.5 Å². The Hall–Kier alpha value is -2.29. The molecule has 108 valence electrons. The summed E-state index contributed by atoms with van der Waals surface area (Å²) in [5.41, 5.74) is 2.44. The van der Waals surface area contributed by atoms with Crippen molar-refractivity contribution in [1.82, 2.24) is 4.98 Å². The zero-order valence-electron chi connectivity index (χ0n) is 11.7. The van der Waals surface area contributed by atoms with E-state index in [9.17, 15) is 9.65 Å². The van der Waals surface area contributed by atoms with Gasteiger partial charge in [-0.2, -0.15) is 5.26 Å². The first-order valence-corrected chi connectivity index (χ1v) is 8.25. The Kier molecular flexibility index (Phi) is 4.14. The van der Waals surface area contributed by atoms with Crippen LogP contribution in [0.4, 0.5) is 4.39 Å². The van der Waals surface area contributed by atoms with Gasteiger partial charge in [0.25, 0.3) is 0 Å². The molecule has 3 rings (SSSR count). The number of benzene rings is 1. The van der Waals surface area contributed by atoms with Crippen LogP contribution in [-0.2, 0) is 0 Å². The minimum absolute atomic E-state index is 0.244. The van der Waals surface area contributed by atoms with E-state index < -0.39 is 0 Å². The third-order valence-electron chi connectivity index (χ3n) is 3.01. The van der Waals surface area contributed by atoms with Crippen LogP contribution in [0.2, 0.25) is 0 Å². The van der Waals surface area contributed by atoms with Crippen molar-refractivity contribution >= 4 is 34.3 Å². The van der Waals surface area contributed by atoms with Gasteiger partial charge in [-0.25, -0.2) is 9.37 Å². The molecule has 2 heterocycles. The van der Waals surface area contributed by atoms with E-state index in [0.29, 0.717) is 5.57 Å². The first-order chi connectivity index (χ1) is 10.7. The van der Waals surface area contributed by atoms with Crippen LogP contribution < -0.4 is 0 Å². The fraction of sp³-hybridized carbons (Fsp3) is 0.0588. The topological polar surface area (TPSA) is 36.7 Å². The van der Waals surface area contributed by atoms with Crippen LogP contribution in [0.15, 0.2) is 41.8 Å². The van der Waals surface area contributed by atoms with Crippen molar-refractivity contribution in [3.8, 4) is 16.5 Å². The van der Waals surface area contributed by atoms with Crippen LogP contribution in [0, 0.1) is 24.1 Å². The fourth-order valence-corrected chi connectivity index (χ4v) is 3.68. The van der Waals surface area contributed by atoms with Gasteiger partial charge in [0.15, 0.2) is 0 Å². The van der Waals surface area contributed by atoms with E-state index in [0.717, 1.165) is 26.0 Å². The third-order valence-corrected chi connectivity index (χ3v) is 5.09. The van der Waals surface area contributed by atoms with Crippen molar-refractivity contribution in [3.63, 3.8) is 0 Å². The molecule has 0 saturated carbocycles. The molecule has 2 aromatic heterocycles. The van der Waals surface area contributed by atoms with E-state index in [4.69, 9.17) is 0 Å². The Balaban J connectivity index is 1.91. The summed E-state index contributed by atoms with van der Waals surface area (Å²) in [6.45, 7) is 1.91. The number of halogens is 1. The predicted molar refractivity (Wildman–Crippen MR) is 90.0 cm³/mol. The largest absolute Gasteiger partial charge is 0.241 e. The van der Waals surface area contributed by atoms with E-state index in [2.05, 4.69) is 11.1 Å². The number of nitrogens with zero attached hydrogens (tertiary/aromatic N) is 2. The van der Waals surface area contributed by atoms with Gasteiger partial charge in [0.2, 0.25) is 0 Å². The van der Waals surface area contributed by atoms with Gasteiger partial charge >= 0.3 is 0 Å². The number of hydrogen-bond acceptors (Lipinski definition) is 4. The summed E-state index contributed by atoms with van der Waals surface area (Å²) in [6.07, 6.45) is 1.84. The predicted octanol–water partition coefficient (Wildman–Crippen LogP) is 5.38. The number of aromatic nitrogens is 1. The second-order valence-electron chi connectivity index (χ2n) is 4.67. The SMILES string of the molecule is Cc1csc(C(C#N)=Cc2ccc(-c3ccc(F)cc3)s2)n1. The summed E-state index contributed by atoms with van der Waals surface area (Å²) in [6, 6.07) is 12.5. The van der Waals surface area contributed by atoms with Gasteiger partial charge in [0, 0.05) is 20.8 Å². The lowest BCUT2D eigenvalue weighted by atomic mass is 10.2. The summed E-state index contributed by atoms with van der Waals surface area (Å²) in [5, 5.41) is 12.0. The summed E-state index contributed by atoms with van der Waals surface area (Å²) in [4.78, 5) is 6.36. The Morgan fingerprint density at radius 1 is 1.23 bits per heavy atom. The lowest BCUT2D eigenvalue weighted by Crippen LogP contribution is -1.79. The number of hydrogen-bond donors (Lipinski definition) is 0. The highest BCUT2D eigenvalue weighted by Gasteiger charge is 2.07. The summed E-state index contributed by atoms with van der Waals surface area (Å²) >= 11 is 3.03. The molecule has 0 fully saturated rings. The second-order valence-corrected chi connectivity index (χ2v) is 6.65. The van der Waals surface area contributed by atoms with Gasteiger partial charge in [0.1, 0.15) is 16.9 Å².